The van der Waals surface area contributed by atoms with Crippen molar-refractivity contribution in [2.24, 2.45) is 0 Å². The molecule has 3 heteroatoms. The Labute approximate surface area is 103 Å². The zero-order chi connectivity index (χ0) is 12.5. The third-order valence-corrected chi connectivity index (χ3v) is 2.48. The van der Waals surface area contributed by atoms with Crippen molar-refractivity contribution in [1.29, 1.82) is 0 Å². The van der Waals surface area contributed by atoms with E-state index in [2.05, 4.69) is 6.92 Å². The van der Waals surface area contributed by atoms with Crippen LogP contribution in [0.5, 0.6) is 5.75 Å². The molecule has 0 aliphatic heterocycles. The number of carbonyl (C=O) groups is 1. The Kier molecular flexibility index (Phi) is 6.33. The highest BCUT2D eigenvalue weighted by Crippen LogP contribution is 2.19. The monoisotopic (exact) mass is 236 g/mol. The number of hydrogen-bond donors (Lipinski definition) is 0. The standard InChI is InChI=1S/C14H20O3/c1-3-4-5-10-14(15)17-13-9-7-6-8-12(13)11-16-2/h6-9H,3-5,10-11H2,1-2H3. The van der Waals surface area contributed by atoms with Gasteiger partial charge in [-0.3, -0.25) is 4.79 Å². The molecule has 0 heterocycles. The molecular weight excluding hydrogens is 216 g/mol. The van der Waals surface area contributed by atoms with Crippen LogP contribution in [0.25, 0.3) is 0 Å². The van der Waals surface area contributed by atoms with Crippen LogP contribution in [0.4, 0.5) is 0 Å². The van der Waals surface area contributed by atoms with Crippen LogP contribution in [-0.4, -0.2) is 13.1 Å². The van der Waals surface area contributed by atoms with Gasteiger partial charge in [-0.1, -0.05) is 38.0 Å². The maximum Gasteiger partial charge on any atom is 0.311 e. The summed E-state index contributed by atoms with van der Waals surface area (Å²) in [5, 5.41) is 0. The molecule has 0 aliphatic carbocycles. The number of benzene rings is 1. The van der Waals surface area contributed by atoms with Crippen LogP contribution >= 0.6 is 0 Å². The number of ether oxygens (including phenoxy) is 2. The first-order valence-electron chi connectivity index (χ1n) is 6.05. The minimum atomic E-state index is -0.165. The third-order valence-electron chi connectivity index (χ3n) is 2.48. The zero-order valence-corrected chi connectivity index (χ0v) is 10.6. The molecule has 0 N–H and O–H groups in total. The van der Waals surface area contributed by atoms with Crippen LogP contribution in [0.1, 0.15) is 38.2 Å². The molecule has 0 radical (unpaired) electrons. The van der Waals surface area contributed by atoms with E-state index in [1.165, 1.54) is 0 Å². The van der Waals surface area contributed by atoms with Gasteiger partial charge in [-0.15, -0.1) is 0 Å². The lowest BCUT2D eigenvalue weighted by Gasteiger charge is -2.09. The lowest BCUT2D eigenvalue weighted by Crippen LogP contribution is -2.09. The van der Waals surface area contributed by atoms with Crippen LogP contribution in [0, 0.1) is 0 Å². The maximum atomic E-state index is 11.6. The van der Waals surface area contributed by atoms with Crippen LogP contribution in [0.3, 0.4) is 0 Å². The van der Waals surface area contributed by atoms with E-state index in [-0.39, 0.29) is 5.97 Å². The molecule has 0 atom stereocenters. The first-order chi connectivity index (χ1) is 8.27. The normalized spacial score (nSPS) is 10.2. The molecule has 1 aromatic rings. The van der Waals surface area contributed by atoms with E-state index in [1.54, 1.807) is 13.2 Å². The van der Waals surface area contributed by atoms with Crippen LogP contribution in [-0.2, 0) is 16.1 Å². The number of carbonyl (C=O) groups excluding carboxylic acids is 1. The summed E-state index contributed by atoms with van der Waals surface area (Å²) in [5.74, 6) is 0.442. The summed E-state index contributed by atoms with van der Waals surface area (Å²) in [6, 6.07) is 7.46. The van der Waals surface area contributed by atoms with Gasteiger partial charge in [0.25, 0.3) is 0 Å². The third kappa shape index (κ3) is 5.00. The van der Waals surface area contributed by atoms with Crippen molar-refractivity contribution < 1.29 is 14.3 Å². The van der Waals surface area contributed by atoms with Gasteiger partial charge in [-0.25, -0.2) is 0 Å². The Morgan fingerprint density at radius 3 is 2.71 bits per heavy atom. The van der Waals surface area contributed by atoms with Crippen LogP contribution in [0.2, 0.25) is 0 Å². The van der Waals surface area contributed by atoms with Crippen molar-refractivity contribution >= 4 is 5.97 Å². The van der Waals surface area contributed by atoms with E-state index in [4.69, 9.17) is 9.47 Å². The number of unbranched alkanes of at least 4 members (excludes halogenated alkanes) is 2. The first kappa shape index (κ1) is 13.7. The fourth-order valence-electron chi connectivity index (χ4n) is 1.57. The van der Waals surface area contributed by atoms with Gasteiger partial charge in [-0.2, -0.15) is 0 Å². The van der Waals surface area contributed by atoms with E-state index in [1.807, 2.05) is 18.2 Å². The summed E-state index contributed by atoms with van der Waals surface area (Å²) >= 11 is 0. The average Bonchev–Trinajstić information content (AvgIpc) is 2.32. The summed E-state index contributed by atoms with van der Waals surface area (Å²) in [4.78, 5) is 11.6. The summed E-state index contributed by atoms with van der Waals surface area (Å²) < 4.78 is 10.4. The van der Waals surface area contributed by atoms with E-state index in [0.717, 1.165) is 24.8 Å². The largest absolute Gasteiger partial charge is 0.426 e. The molecule has 0 fully saturated rings. The number of para-hydroxylation sites is 1. The predicted octanol–water partition coefficient (Wildman–Crippen LogP) is 3.32. The number of esters is 1. The second-order valence-electron chi connectivity index (χ2n) is 3.97. The molecule has 0 aromatic heterocycles. The Morgan fingerprint density at radius 2 is 2.00 bits per heavy atom. The Morgan fingerprint density at radius 1 is 1.24 bits per heavy atom. The first-order valence-corrected chi connectivity index (χ1v) is 6.05. The molecule has 0 aliphatic rings. The summed E-state index contributed by atoms with van der Waals surface area (Å²) in [6.45, 7) is 2.57. The molecule has 1 rings (SSSR count). The summed E-state index contributed by atoms with van der Waals surface area (Å²) in [7, 11) is 1.62. The SMILES string of the molecule is CCCCCC(=O)Oc1ccccc1COC. The van der Waals surface area contributed by atoms with Crippen molar-refractivity contribution in [2.45, 2.75) is 39.2 Å². The summed E-state index contributed by atoms with van der Waals surface area (Å²) in [5.41, 5.74) is 0.902. The van der Waals surface area contributed by atoms with Crippen molar-refractivity contribution in [2.75, 3.05) is 7.11 Å². The van der Waals surface area contributed by atoms with Gasteiger partial charge < -0.3 is 9.47 Å². The van der Waals surface area contributed by atoms with Crippen molar-refractivity contribution in [3.63, 3.8) is 0 Å². The molecule has 0 spiro atoms. The fourth-order valence-corrected chi connectivity index (χ4v) is 1.57. The topological polar surface area (TPSA) is 35.5 Å². The van der Waals surface area contributed by atoms with Crippen molar-refractivity contribution in [3.05, 3.63) is 29.8 Å². The lowest BCUT2D eigenvalue weighted by molar-refractivity contribution is -0.134. The zero-order valence-electron chi connectivity index (χ0n) is 10.6. The molecule has 1 aromatic carbocycles. The van der Waals surface area contributed by atoms with Crippen molar-refractivity contribution in [1.82, 2.24) is 0 Å². The smallest absolute Gasteiger partial charge is 0.311 e. The van der Waals surface area contributed by atoms with Gasteiger partial charge in [0.15, 0.2) is 0 Å². The van der Waals surface area contributed by atoms with E-state index >= 15 is 0 Å². The van der Waals surface area contributed by atoms with Gasteiger partial charge in [0.1, 0.15) is 5.75 Å². The summed E-state index contributed by atoms with van der Waals surface area (Å²) in [6.07, 6.45) is 3.54. The van der Waals surface area contributed by atoms with E-state index in [0.29, 0.717) is 18.8 Å². The number of methoxy groups -OCH3 is 1. The molecule has 0 saturated carbocycles. The second-order valence-corrected chi connectivity index (χ2v) is 3.97. The van der Waals surface area contributed by atoms with Crippen molar-refractivity contribution in [3.8, 4) is 5.75 Å². The van der Waals surface area contributed by atoms with Gasteiger partial charge in [0, 0.05) is 19.1 Å². The minimum absolute atomic E-state index is 0.165. The molecule has 0 unspecified atom stereocenters. The average molecular weight is 236 g/mol. The highest BCUT2D eigenvalue weighted by Gasteiger charge is 2.08. The second kappa shape index (κ2) is 7.85. The minimum Gasteiger partial charge on any atom is -0.426 e. The van der Waals surface area contributed by atoms with Gasteiger partial charge in [0.05, 0.1) is 6.61 Å². The highest BCUT2D eigenvalue weighted by molar-refractivity contribution is 5.72. The molecule has 0 bridgehead atoms. The predicted molar refractivity (Wildman–Crippen MR) is 66.9 cm³/mol. The molecule has 17 heavy (non-hydrogen) atoms. The van der Waals surface area contributed by atoms with E-state index in [9.17, 15) is 4.79 Å². The lowest BCUT2D eigenvalue weighted by atomic mass is 10.2. The Hall–Kier alpha value is -1.35. The van der Waals surface area contributed by atoms with Gasteiger partial charge in [0.2, 0.25) is 0 Å². The Balaban J connectivity index is 2.52. The van der Waals surface area contributed by atoms with E-state index < -0.39 is 0 Å². The quantitative estimate of drug-likeness (QED) is 0.414. The van der Waals surface area contributed by atoms with Crippen LogP contribution in [0.15, 0.2) is 24.3 Å². The van der Waals surface area contributed by atoms with Crippen LogP contribution < -0.4 is 4.74 Å². The molecule has 94 valence electrons. The number of rotatable bonds is 7. The highest BCUT2D eigenvalue weighted by atomic mass is 16.5. The number of hydrogen-bond acceptors (Lipinski definition) is 3. The molecular formula is C14H20O3. The molecule has 0 amide bonds. The van der Waals surface area contributed by atoms with Gasteiger partial charge >= 0.3 is 5.97 Å². The fraction of sp³-hybridized carbons (Fsp3) is 0.500. The maximum absolute atomic E-state index is 11.6. The van der Waals surface area contributed by atoms with Gasteiger partial charge in [-0.05, 0) is 12.5 Å². The molecule has 3 nitrogen and oxygen atoms in total. The Bertz CT molecular complexity index is 347. The molecule has 0 saturated heterocycles.